The van der Waals surface area contributed by atoms with E-state index < -0.39 is 33.2 Å². The minimum absolute atomic E-state index is 0.208. The average molecular weight is 518 g/mol. The van der Waals surface area contributed by atoms with Gasteiger partial charge in [-0.25, -0.2) is 13.1 Å². The maximum Gasteiger partial charge on any atom is 0.417 e. The molecule has 0 saturated heterocycles. The minimum atomic E-state index is -4.69. The topological polar surface area (TPSA) is 78.5 Å². The molecule has 0 fully saturated rings. The van der Waals surface area contributed by atoms with Crippen LogP contribution in [-0.4, -0.2) is 45.1 Å². The molecule has 10 heteroatoms. The highest BCUT2D eigenvalue weighted by molar-refractivity contribution is 7.88. The number of fused-ring (bicyclic) bond motifs is 1. The molecule has 1 amide bonds. The van der Waals surface area contributed by atoms with Crippen LogP contribution in [0.25, 0.3) is 11.1 Å². The molecule has 190 valence electrons. The molecule has 2 N–H and O–H groups in total. The summed E-state index contributed by atoms with van der Waals surface area (Å²) in [7, 11) is -3.25. The van der Waals surface area contributed by atoms with Gasteiger partial charge in [0.15, 0.2) is 0 Å². The molecule has 0 saturated carbocycles. The molecule has 0 bridgehead atoms. The van der Waals surface area contributed by atoms with E-state index >= 15 is 0 Å². The summed E-state index contributed by atoms with van der Waals surface area (Å²) in [5.41, 5.74) is 1.76. The van der Waals surface area contributed by atoms with Gasteiger partial charge in [0.05, 0.1) is 17.4 Å². The van der Waals surface area contributed by atoms with Gasteiger partial charge in [0.1, 0.15) is 0 Å². The van der Waals surface area contributed by atoms with Crippen molar-refractivity contribution in [2.75, 3.05) is 31.2 Å². The van der Waals surface area contributed by atoms with Crippen molar-refractivity contribution in [3.8, 4) is 11.1 Å². The number of carbonyl (C=O) groups is 1. The maximum absolute atomic E-state index is 13.8. The highest BCUT2D eigenvalue weighted by Gasteiger charge is 2.36. The number of hydrogen-bond acceptors (Lipinski definition) is 4. The standard InChI is InChI=1S/C26H26F3N3O3S/c1-36(34,35)30-13-15-32-14-12-19-16-21(11-10-20(19)17-32)31-25(33)24-22(18-6-3-2-4-7-18)8-5-9-23(24)26(27,28)29/h2-11,16,30H,12-15,17H2,1H3,(H,31,33). The first-order valence-electron chi connectivity index (χ1n) is 11.4. The van der Waals surface area contributed by atoms with Crippen LogP contribution in [0.4, 0.5) is 18.9 Å². The fourth-order valence-electron chi connectivity index (χ4n) is 4.35. The largest absolute Gasteiger partial charge is 0.417 e. The molecule has 4 rings (SSSR count). The van der Waals surface area contributed by atoms with Crippen LogP contribution in [0.5, 0.6) is 0 Å². The molecule has 0 atom stereocenters. The van der Waals surface area contributed by atoms with Gasteiger partial charge < -0.3 is 5.32 Å². The monoisotopic (exact) mass is 517 g/mol. The fourth-order valence-corrected chi connectivity index (χ4v) is 4.82. The Morgan fingerprint density at radius 1 is 1.00 bits per heavy atom. The number of sulfonamides is 1. The van der Waals surface area contributed by atoms with Crippen LogP contribution in [0.3, 0.4) is 0 Å². The summed E-state index contributed by atoms with van der Waals surface area (Å²) in [4.78, 5) is 15.3. The van der Waals surface area contributed by atoms with Gasteiger partial charge in [-0.3, -0.25) is 9.69 Å². The van der Waals surface area contributed by atoms with Crippen LogP contribution >= 0.6 is 0 Å². The molecule has 0 aliphatic carbocycles. The molecule has 3 aromatic rings. The highest BCUT2D eigenvalue weighted by atomic mass is 32.2. The van der Waals surface area contributed by atoms with Crippen LogP contribution in [0, 0.1) is 0 Å². The van der Waals surface area contributed by atoms with E-state index in [-0.39, 0.29) is 5.56 Å². The lowest BCUT2D eigenvalue weighted by atomic mass is 9.94. The summed E-state index contributed by atoms with van der Waals surface area (Å²) < 4.78 is 66.5. The lowest BCUT2D eigenvalue weighted by Crippen LogP contribution is -2.37. The summed E-state index contributed by atoms with van der Waals surface area (Å²) in [6.07, 6.45) is -2.90. The van der Waals surface area contributed by atoms with Gasteiger partial charge in [0.2, 0.25) is 10.0 Å². The first-order chi connectivity index (χ1) is 17.0. The second-order valence-corrected chi connectivity index (χ2v) is 10.6. The van der Waals surface area contributed by atoms with E-state index in [9.17, 15) is 26.4 Å². The van der Waals surface area contributed by atoms with Gasteiger partial charge in [-0.15, -0.1) is 0 Å². The predicted octanol–water partition coefficient (Wildman–Crippen LogP) is 4.53. The predicted molar refractivity (Wildman–Crippen MR) is 133 cm³/mol. The quantitative estimate of drug-likeness (QED) is 0.483. The summed E-state index contributed by atoms with van der Waals surface area (Å²) >= 11 is 0. The maximum atomic E-state index is 13.8. The molecule has 1 aliphatic rings. The number of amides is 1. The highest BCUT2D eigenvalue weighted by Crippen LogP contribution is 2.37. The number of nitrogens with one attached hydrogen (secondary N) is 2. The van der Waals surface area contributed by atoms with E-state index in [4.69, 9.17) is 0 Å². The first kappa shape index (κ1) is 25.9. The second kappa shape index (κ2) is 10.4. The van der Waals surface area contributed by atoms with E-state index in [1.165, 1.54) is 12.1 Å². The van der Waals surface area contributed by atoms with Crippen LogP contribution < -0.4 is 10.0 Å². The zero-order valence-electron chi connectivity index (χ0n) is 19.6. The molecule has 0 spiro atoms. The Hall–Kier alpha value is -3.21. The van der Waals surface area contributed by atoms with Crippen molar-refractivity contribution in [2.45, 2.75) is 19.1 Å². The Labute approximate surface area is 208 Å². The van der Waals surface area contributed by atoms with Crippen molar-refractivity contribution in [3.05, 3.63) is 89.0 Å². The van der Waals surface area contributed by atoms with E-state index in [0.717, 1.165) is 23.4 Å². The van der Waals surface area contributed by atoms with Crippen molar-refractivity contribution < 1.29 is 26.4 Å². The number of benzene rings is 3. The third-order valence-corrected chi connectivity index (χ3v) is 6.76. The number of halogens is 3. The lowest BCUT2D eigenvalue weighted by Gasteiger charge is -2.29. The third kappa shape index (κ3) is 6.31. The zero-order chi connectivity index (χ0) is 25.9. The lowest BCUT2D eigenvalue weighted by molar-refractivity contribution is -0.137. The van der Waals surface area contributed by atoms with Crippen molar-refractivity contribution in [1.82, 2.24) is 9.62 Å². The molecule has 0 aromatic heterocycles. The molecule has 6 nitrogen and oxygen atoms in total. The van der Waals surface area contributed by atoms with Gasteiger partial charge in [-0.05, 0) is 46.9 Å². The van der Waals surface area contributed by atoms with E-state index in [1.54, 1.807) is 42.5 Å². The molecule has 3 aromatic carbocycles. The number of hydrogen-bond donors (Lipinski definition) is 2. The van der Waals surface area contributed by atoms with Gasteiger partial charge in [-0.1, -0.05) is 48.5 Å². The fraction of sp³-hybridized carbons (Fsp3) is 0.269. The second-order valence-electron chi connectivity index (χ2n) is 8.72. The van der Waals surface area contributed by atoms with Gasteiger partial charge >= 0.3 is 6.18 Å². The molecule has 1 aliphatic heterocycles. The number of carbonyl (C=O) groups excluding carboxylic acids is 1. The Bertz CT molecular complexity index is 1360. The molecular formula is C26H26F3N3O3S. The van der Waals surface area contributed by atoms with Crippen molar-refractivity contribution >= 4 is 21.6 Å². The molecule has 0 unspecified atom stereocenters. The van der Waals surface area contributed by atoms with Crippen molar-refractivity contribution in [2.24, 2.45) is 0 Å². The van der Waals surface area contributed by atoms with Gasteiger partial charge in [0, 0.05) is 31.9 Å². The summed E-state index contributed by atoms with van der Waals surface area (Å²) in [5, 5.41) is 2.66. The van der Waals surface area contributed by atoms with Gasteiger partial charge in [0.25, 0.3) is 5.91 Å². The smallest absolute Gasteiger partial charge is 0.322 e. The number of anilines is 1. The Kier molecular flexibility index (Phi) is 7.49. The minimum Gasteiger partial charge on any atom is -0.322 e. The van der Waals surface area contributed by atoms with Crippen LogP contribution in [0.1, 0.15) is 27.0 Å². The first-order valence-corrected chi connectivity index (χ1v) is 13.3. The SMILES string of the molecule is CS(=O)(=O)NCCN1CCc2cc(NC(=O)c3c(-c4ccccc4)cccc3C(F)(F)F)ccc2C1. The van der Waals surface area contributed by atoms with E-state index in [1.807, 2.05) is 6.07 Å². The normalized spacial score (nSPS) is 14.3. The number of nitrogens with zero attached hydrogens (tertiary/aromatic N) is 1. The molecule has 36 heavy (non-hydrogen) atoms. The number of alkyl halides is 3. The van der Waals surface area contributed by atoms with Crippen LogP contribution in [0.15, 0.2) is 66.7 Å². The van der Waals surface area contributed by atoms with Crippen molar-refractivity contribution in [1.29, 1.82) is 0 Å². The molecule has 0 radical (unpaired) electrons. The zero-order valence-corrected chi connectivity index (χ0v) is 20.4. The average Bonchev–Trinajstić information content (AvgIpc) is 2.83. The van der Waals surface area contributed by atoms with Crippen molar-refractivity contribution in [3.63, 3.8) is 0 Å². The summed E-state index contributed by atoms with van der Waals surface area (Å²) in [5.74, 6) is -0.828. The van der Waals surface area contributed by atoms with Crippen LogP contribution in [0.2, 0.25) is 0 Å². The number of rotatable bonds is 7. The summed E-state index contributed by atoms with van der Waals surface area (Å²) in [6.45, 7) is 2.18. The summed E-state index contributed by atoms with van der Waals surface area (Å²) in [6, 6.07) is 17.6. The third-order valence-electron chi connectivity index (χ3n) is 6.03. The van der Waals surface area contributed by atoms with E-state index in [0.29, 0.717) is 43.9 Å². The van der Waals surface area contributed by atoms with E-state index in [2.05, 4.69) is 14.9 Å². The van der Waals surface area contributed by atoms with Crippen LogP contribution in [-0.2, 0) is 29.2 Å². The van der Waals surface area contributed by atoms with Gasteiger partial charge in [-0.2, -0.15) is 13.2 Å². The Morgan fingerprint density at radius 3 is 2.44 bits per heavy atom. The molecular weight excluding hydrogens is 491 g/mol. The molecule has 1 heterocycles. The Morgan fingerprint density at radius 2 is 1.75 bits per heavy atom. The Balaban J connectivity index is 1.55.